The van der Waals surface area contributed by atoms with Gasteiger partial charge in [-0.05, 0) is 38.8 Å². The predicted molar refractivity (Wildman–Crippen MR) is 50.9 cm³/mol. The molecule has 0 aliphatic rings. The average Bonchev–Trinajstić information content (AvgIpc) is 1.91. The van der Waals surface area contributed by atoms with Gasteiger partial charge in [-0.3, -0.25) is 4.98 Å². The molecule has 1 rings (SSSR count). The second-order valence-electron chi connectivity index (χ2n) is 3.97. The monoisotopic (exact) mass is 164 g/mol. The summed E-state index contributed by atoms with van der Waals surface area (Å²) >= 11 is 0. The maximum Gasteiger partial charge on any atom is 0.0372 e. The van der Waals surface area contributed by atoms with Gasteiger partial charge in [-0.2, -0.15) is 0 Å². The summed E-state index contributed by atoms with van der Waals surface area (Å²) < 4.78 is 0. The van der Waals surface area contributed by atoms with Crippen LogP contribution in [0.15, 0.2) is 18.3 Å². The summed E-state index contributed by atoms with van der Waals surface area (Å²) in [4.78, 5) is 4.21. The molecule has 0 unspecified atom stereocenters. The van der Waals surface area contributed by atoms with E-state index in [-0.39, 0.29) is 5.54 Å². The van der Waals surface area contributed by atoms with Gasteiger partial charge in [-0.25, -0.2) is 0 Å². The van der Waals surface area contributed by atoms with Crippen LogP contribution in [0.1, 0.15) is 25.1 Å². The van der Waals surface area contributed by atoms with Crippen LogP contribution in [0.3, 0.4) is 0 Å². The summed E-state index contributed by atoms with van der Waals surface area (Å²) in [5.74, 6) is 0. The molecule has 0 spiro atoms. The Kier molecular flexibility index (Phi) is 2.48. The van der Waals surface area contributed by atoms with Crippen molar-refractivity contribution >= 4 is 0 Å². The molecule has 0 amide bonds. The van der Waals surface area contributed by atoms with Crippen molar-refractivity contribution in [1.29, 1.82) is 0 Å². The molecule has 0 atom stereocenters. The zero-order valence-electron chi connectivity index (χ0n) is 7.96. The molecule has 66 valence electrons. The molecular formula is C10H16N2. The number of nitrogens with zero attached hydrogens (tertiary/aromatic N) is 1. The maximum absolute atomic E-state index is 5.88. The highest BCUT2D eigenvalue weighted by Gasteiger charge is 2.11. The molecule has 0 aliphatic carbocycles. The Bertz CT molecular complexity index is 244. The van der Waals surface area contributed by atoms with E-state index in [0.717, 1.165) is 12.1 Å². The first-order valence-corrected chi connectivity index (χ1v) is 4.18. The van der Waals surface area contributed by atoms with Crippen molar-refractivity contribution in [2.24, 2.45) is 5.73 Å². The Morgan fingerprint density at radius 3 is 2.50 bits per heavy atom. The molecule has 12 heavy (non-hydrogen) atoms. The molecule has 0 saturated heterocycles. The minimum atomic E-state index is -0.142. The van der Waals surface area contributed by atoms with E-state index >= 15 is 0 Å². The standard InChI is InChI=1S/C10H16N2/c1-8-4-5-9(7-12-8)6-10(2,3)11/h4-5,7H,6,11H2,1-3H3. The van der Waals surface area contributed by atoms with Gasteiger partial charge in [0, 0.05) is 17.4 Å². The molecule has 2 N–H and O–H groups in total. The van der Waals surface area contributed by atoms with Crippen LogP contribution in [-0.2, 0) is 6.42 Å². The van der Waals surface area contributed by atoms with Gasteiger partial charge in [0.2, 0.25) is 0 Å². The Labute approximate surface area is 73.8 Å². The third kappa shape index (κ3) is 3.01. The molecule has 1 heterocycles. The number of pyridine rings is 1. The molecule has 0 bridgehead atoms. The fraction of sp³-hybridized carbons (Fsp3) is 0.500. The molecule has 0 radical (unpaired) electrons. The fourth-order valence-electron chi connectivity index (χ4n) is 1.13. The van der Waals surface area contributed by atoms with Crippen molar-refractivity contribution < 1.29 is 0 Å². The lowest BCUT2D eigenvalue weighted by molar-refractivity contribution is 0.516. The lowest BCUT2D eigenvalue weighted by Gasteiger charge is -2.17. The molecule has 1 aromatic rings. The van der Waals surface area contributed by atoms with Crippen molar-refractivity contribution in [3.63, 3.8) is 0 Å². The van der Waals surface area contributed by atoms with Crippen molar-refractivity contribution in [2.75, 3.05) is 0 Å². The Hall–Kier alpha value is -0.890. The molecule has 0 saturated carbocycles. The summed E-state index contributed by atoms with van der Waals surface area (Å²) in [7, 11) is 0. The molecule has 2 heteroatoms. The van der Waals surface area contributed by atoms with Crippen molar-refractivity contribution in [2.45, 2.75) is 32.7 Å². The highest BCUT2D eigenvalue weighted by Crippen LogP contribution is 2.08. The maximum atomic E-state index is 5.88. The van der Waals surface area contributed by atoms with Crippen LogP contribution in [-0.4, -0.2) is 10.5 Å². The molecular weight excluding hydrogens is 148 g/mol. The van der Waals surface area contributed by atoms with Crippen LogP contribution >= 0.6 is 0 Å². The predicted octanol–water partition coefficient (Wildman–Crippen LogP) is 1.67. The average molecular weight is 164 g/mol. The Morgan fingerprint density at radius 2 is 2.08 bits per heavy atom. The SMILES string of the molecule is Cc1ccc(CC(C)(C)N)cn1. The van der Waals surface area contributed by atoms with Gasteiger partial charge in [0.05, 0.1) is 0 Å². The lowest BCUT2D eigenvalue weighted by Crippen LogP contribution is -2.34. The van der Waals surface area contributed by atoms with Gasteiger partial charge in [-0.1, -0.05) is 6.07 Å². The van der Waals surface area contributed by atoms with Gasteiger partial charge in [-0.15, -0.1) is 0 Å². The summed E-state index contributed by atoms with van der Waals surface area (Å²) in [6.45, 7) is 6.02. The van der Waals surface area contributed by atoms with Gasteiger partial charge in [0.25, 0.3) is 0 Å². The molecule has 0 fully saturated rings. The van der Waals surface area contributed by atoms with Gasteiger partial charge in [0.15, 0.2) is 0 Å². The minimum absolute atomic E-state index is 0.142. The second kappa shape index (κ2) is 3.23. The number of hydrogen-bond donors (Lipinski definition) is 1. The Morgan fingerprint density at radius 1 is 1.42 bits per heavy atom. The number of aryl methyl sites for hydroxylation is 1. The van der Waals surface area contributed by atoms with Crippen LogP contribution in [0.25, 0.3) is 0 Å². The summed E-state index contributed by atoms with van der Waals surface area (Å²) in [6, 6.07) is 4.10. The highest BCUT2D eigenvalue weighted by atomic mass is 14.7. The van der Waals surface area contributed by atoms with E-state index in [1.54, 1.807) is 0 Å². The van der Waals surface area contributed by atoms with Crippen molar-refractivity contribution in [1.82, 2.24) is 4.98 Å². The summed E-state index contributed by atoms with van der Waals surface area (Å²) in [6.07, 6.45) is 2.77. The van der Waals surface area contributed by atoms with Crippen LogP contribution < -0.4 is 5.73 Å². The van der Waals surface area contributed by atoms with Gasteiger partial charge in [0.1, 0.15) is 0 Å². The van der Waals surface area contributed by atoms with E-state index in [4.69, 9.17) is 5.73 Å². The fourth-order valence-corrected chi connectivity index (χ4v) is 1.13. The quantitative estimate of drug-likeness (QED) is 0.722. The van der Waals surface area contributed by atoms with Crippen molar-refractivity contribution in [3.05, 3.63) is 29.6 Å². The molecule has 1 aromatic heterocycles. The molecule has 0 aliphatic heterocycles. The smallest absolute Gasteiger partial charge is 0.0372 e. The van der Waals surface area contributed by atoms with E-state index in [1.165, 1.54) is 5.56 Å². The summed E-state index contributed by atoms with van der Waals surface area (Å²) in [5, 5.41) is 0. The highest BCUT2D eigenvalue weighted by molar-refractivity contribution is 5.15. The van der Waals surface area contributed by atoms with E-state index in [9.17, 15) is 0 Å². The van der Waals surface area contributed by atoms with E-state index in [0.29, 0.717) is 0 Å². The van der Waals surface area contributed by atoms with Crippen LogP contribution in [0.2, 0.25) is 0 Å². The molecule has 2 nitrogen and oxygen atoms in total. The van der Waals surface area contributed by atoms with Gasteiger partial charge < -0.3 is 5.73 Å². The second-order valence-corrected chi connectivity index (χ2v) is 3.97. The zero-order chi connectivity index (χ0) is 9.19. The van der Waals surface area contributed by atoms with E-state index < -0.39 is 0 Å². The number of aromatic nitrogens is 1. The zero-order valence-corrected chi connectivity index (χ0v) is 7.96. The van der Waals surface area contributed by atoms with Crippen molar-refractivity contribution in [3.8, 4) is 0 Å². The number of rotatable bonds is 2. The van der Waals surface area contributed by atoms with E-state index in [2.05, 4.69) is 11.1 Å². The normalized spacial score (nSPS) is 11.7. The first-order valence-electron chi connectivity index (χ1n) is 4.18. The summed E-state index contributed by atoms with van der Waals surface area (Å²) in [5.41, 5.74) is 7.99. The third-order valence-electron chi connectivity index (χ3n) is 1.63. The topological polar surface area (TPSA) is 38.9 Å². The van der Waals surface area contributed by atoms with Crippen LogP contribution in [0.5, 0.6) is 0 Å². The first kappa shape index (κ1) is 9.20. The first-order chi connectivity index (χ1) is 5.47. The number of hydrogen-bond acceptors (Lipinski definition) is 2. The molecule has 0 aromatic carbocycles. The lowest BCUT2D eigenvalue weighted by atomic mass is 9.97. The van der Waals surface area contributed by atoms with Gasteiger partial charge >= 0.3 is 0 Å². The minimum Gasteiger partial charge on any atom is -0.325 e. The largest absolute Gasteiger partial charge is 0.325 e. The van der Waals surface area contributed by atoms with Crippen LogP contribution in [0, 0.1) is 6.92 Å². The number of nitrogens with two attached hydrogens (primary N) is 1. The van der Waals surface area contributed by atoms with Crippen LogP contribution in [0.4, 0.5) is 0 Å². The Balaban J connectivity index is 2.71. The van der Waals surface area contributed by atoms with E-state index in [1.807, 2.05) is 33.0 Å². The third-order valence-corrected chi connectivity index (χ3v) is 1.63.